The molecule has 0 radical (unpaired) electrons. The first-order valence-corrected chi connectivity index (χ1v) is 10.9. The largest absolute Gasteiger partial charge is 0.391 e. The lowest BCUT2D eigenvalue weighted by Crippen LogP contribution is -2.65. The normalized spacial score (nSPS) is 39.9. The third kappa shape index (κ3) is 5.14. The van der Waals surface area contributed by atoms with Gasteiger partial charge in [-0.3, -0.25) is 9.69 Å². The van der Waals surface area contributed by atoms with Gasteiger partial charge in [0.05, 0.1) is 18.2 Å². The highest BCUT2D eigenvalue weighted by atomic mass is 32.2. The van der Waals surface area contributed by atoms with Crippen LogP contribution in [0.25, 0.3) is 0 Å². The second kappa shape index (κ2) is 9.87. The molecule has 0 aromatic rings. The molecule has 0 unspecified atom stereocenters. The minimum absolute atomic E-state index is 0.223. The molecule has 8 nitrogen and oxygen atoms in total. The summed E-state index contributed by atoms with van der Waals surface area (Å²) in [5.41, 5.74) is -0.755. The Morgan fingerprint density at radius 3 is 2.52 bits per heavy atom. The molecule has 9 heteroatoms. The zero-order valence-electron chi connectivity index (χ0n) is 16.5. The van der Waals surface area contributed by atoms with Gasteiger partial charge >= 0.3 is 0 Å². The van der Waals surface area contributed by atoms with E-state index < -0.39 is 42.0 Å². The van der Waals surface area contributed by atoms with Gasteiger partial charge in [0.1, 0.15) is 29.9 Å². The molecule has 0 aromatic heterocycles. The van der Waals surface area contributed by atoms with Crippen LogP contribution in [0.5, 0.6) is 0 Å². The number of nitrogens with zero attached hydrogens (tertiary/aromatic N) is 1. The molecule has 2 heterocycles. The number of carbonyl (C=O) groups is 1. The molecule has 5 N–H and O–H groups in total. The molecule has 0 saturated carbocycles. The van der Waals surface area contributed by atoms with Gasteiger partial charge in [0.15, 0.2) is 0 Å². The summed E-state index contributed by atoms with van der Waals surface area (Å²) < 4.78 is 5.72. The average Bonchev–Trinajstić information content (AvgIpc) is 2.99. The number of likely N-dealkylation sites (N-methyl/N-ethyl adjacent to an activating group) is 1. The van der Waals surface area contributed by atoms with E-state index in [2.05, 4.69) is 12.2 Å². The standard InChI is InChI=1S/C18H34N2O6S/c1-5-6-10-7-11(20(3)8-10)17(25)19-12(9(2)21)16-14(23)13(22)15(24)18(26-16)27-4/h9-16,18,21-24H,5-8H2,1-4H3,(H,19,25)/t9-,10-,11+,12-,13+,14+,15-,16+,18-/m1/s1. The zero-order valence-corrected chi connectivity index (χ0v) is 17.3. The van der Waals surface area contributed by atoms with E-state index in [1.54, 1.807) is 6.26 Å². The van der Waals surface area contributed by atoms with Crippen molar-refractivity contribution >= 4 is 17.7 Å². The maximum absolute atomic E-state index is 12.8. The molecule has 0 aliphatic carbocycles. The first kappa shape index (κ1) is 22.9. The summed E-state index contributed by atoms with van der Waals surface area (Å²) in [7, 11) is 1.91. The molecule has 0 spiro atoms. The number of aliphatic hydroxyl groups is 4. The van der Waals surface area contributed by atoms with Crippen molar-refractivity contribution in [2.75, 3.05) is 19.8 Å². The Hall–Kier alpha value is -0.420. The Balaban J connectivity index is 2.09. The zero-order chi connectivity index (χ0) is 20.3. The number of hydrogen-bond acceptors (Lipinski definition) is 8. The van der Waals surface area contributed by atoms with Gasteiger partial charge in [-0.1, -0.05) is 13.3 Å². The van der Waals surface area contributed by atoms with Crippen LogP contribution in [0.3, 0.4) is 0 Å². The third-order valence-electron chi connectivity index (χ3n) is 5.66. The van der Waals surface area contributed by atoms with Crippen LogP contribution >= 0.6 is 11.8 Å². The molecule has 0 bridgehead atoms. The summed E-state index contributed by atoms with van der Waals surface area (Å²) >= 11 is 1.20. The fourth-order valence-corrected chi connectivity index (χ4v) is 4.81. The van der Waals surface area contributed by atoms with Crippen molar-refractivity contribution < 1.29 is 30.0 Å². The number of carbonyl (C=O) groups excluding carboxylic acids is 1. The molecule has 2 saturated heterocycles. The van der Waals surface area contributed by atoms with Crippen LogP contribution in [0.2, 0.25) is 0 Å². The lowest BCUT2D eigenvalue weighted by atomic mass is 9.92. The van der Waals surface area contributed by atoms with E-state index in [9.17, 15) is 25.2 Å². The van der Waals surface area contributed by atoms with E-state index in [0.29, 0.717) is 5.92 Å². The molecule has 2 fully saturated rings. The number of nitrogens with one attached hydrogen (secondary N) is 1. The average molecular weight is 407 g/mol. The summed E-state index contributed by atoms with van der Waals surface area (Å²) in [5, 5.41) is 43.5. The fraction of sp³-hybridized carbons (Fsp3) is 0.944. The van der Waals surface area contributed by atoms with Gasteiger partial charge in [-0.05, 0) is 39.0 Å². The van der Waals surface area contributed by atoms with E-state index in [-0.39, 0.29) is 11.9 Å². The molecule has 0 aromatic carbocycles. The maximum Gasteiger partial charge on any atom is 0.237 e. The Morgan fingerprint density at radius 2 is 1.96 bits per heavy atom. The molecule has 2 aliphatic rings. The van der Waals surface area contributed by atoms with Crippen molar-refractivity contribution in [3.05, 3.63) is 0 Å². The van der Waals surface area contributed by atoms with Crippen molar-refractivity contribution in [3.8, 4) is 0 Å². The molecule has 1 amide bonds. The first-order valence-electron chi connectivity index (χ1n) is 9.62. The molecular formula is C18H34N2O6S. The van der Waals surface area contributed by atoms with Crippen LogP contribution in [-0.2, 0) is 9.53 Å². The highest BCUT2D eigenvalue weighted by Crippen LogP contribution is 2.30. The molecule has 27 heavy (non-hydrogen) atoms. The molecule has 2 aliphatic heterocycles. The van der Waals surface area contributed by atoms with Crippen LogP contribution < -0.4 is 5.32 Å². The van der Waals surface area contributed by atoms with Crippen molar-refractivity contribution in [2.24, 2.45) is 5.92 Å². The van der Waals surface area contributed by atoms with Crippen molar-refractivity contribution in [1.82, 2.24) is 10.2 Å². The van der Waals surface area contributed by atoms with E-state index in [1.165, 1.54) is 18.7 Å². The van der Waals surface area contributed by atoms with Gasteiger partial charge < -0.3 is 30.5 Å². The molecular weight excluding hydrogens is 372 g/mol. The van der Waals surface area contributed by atoms with Gasteiger partial charge in [-0.15, -0.1) is 11.8 Å². The third-order valence-corrected chi connectivity index (χ3v) is 6.51. The van der Waals surface area contributed by atoms with Gasteiger partial charge in [0.2, 0.25) is 5.91 Å². The SMILES string of the molecule is CCC[C@@H]1C[C@@H](C(=O)N[C@@H]([C@@H]2O[C@H](SC)[C@H](O)[C@@H](O)[C@@H]2O)[C@@H](C)O)N(C)C1. The predicted molar refractivity (Wildman–Crippen MR) is 103 cm³/mol. The summed E-state index contributed by atoms with van der Waals surface area (Å²) in [5.74, 6) is 0.245. The molecule has 2 rings (SSSR count). The number of amides is 1. The topological polar surface area (TPSA) is 122 Å². The Labute approximate surface area is 165 Å². The van der Waals surface area contributed by atoms with Crippen LogP contribution in [0.15, 0.2) is 0 Å². The van der Waals surface area contributed by atoms with Crippen molar-refractivity contribution in [3.63, 3.8) is 0 Å². The number of ether oxygens (including phenoxy) is 1. The van der Waals surface area contributed by atoms with Crippen molar-refractivity contribution in [2.45, 2.75) is 81.1 Å². The highest BCUT2D eigenvalue weighted by molar-refractivity contribution is 7.99. The summed E-state index contributed by atoms with van der Waals surface area (Å²) in [6, 6.07) is -1.20. The number of hydrogen-bond donors (Lipinski definition) is 5. The van der Waals surface area contributed by atoms with Gasteiger partial charge in [-0.25, -0.2) is 0 Å². The van der Waals surface area contributed by atoms with Crippen molar-refractivity contribution in [1.29, 1.82) is 0 Å². The van der Waals surface area contributed by atoms with E-state index in [4.69, 9.17) is 4.74 Å². The molecule has 9 atom stereocenters. The second-order valence-corrected chi connectivity index (χ2v) is 8.73. The minimum atomic E-state index is -1.42. The Morgan fingerprint density at radius 1 is 1.30 bits per heavy atom. The van der Waals surface area contributed by atoms with E-state index in [0.717, 1.165) is 25.8 Å². The van der Waals surface area contributed by atoms with Crippen LogP contribution in [0.4, 0.5) is 0 Å². The summed E-state index contributed by atoms with van der Waals surface area (Å²) in [4.78, 5) is 14.9. The summed E-state index contributed by atoms with van der Waals surface area (Å²) in [6.07, 6.45) is -1.50. The Kier molecular flexibility index (Phi) is 8.35. The van der Waals surface area contributed by atoms with Gasteiger partial charge in [0.25, 0.3) is 0 Å². The van der Waals surface area contributed by atoms with E-state index >= 15 is 0 Å². The van der Waals surface area contributed by atoms with Crippen LogP contribution in [0, 0.1) is 5.92 Å². The van der Waals surface area contributed by atoms with Gasteiger partial charge in [0, 0.05) is 6.54 Å². The number of likely N-dealkylation sites (tertiary alicyclic amines) is 1. The number of thioether (sulfide) groups is 1. The van der Waals surface area contributed by atoms with Crippen LogP contribution in [0.1, 0.15) is 33.1 Å². The minimum Gasteiger partial charge on any atom is -0.391 e. The molecule has 158 valence electrons. The lowest BCUT2D eigenvalue weighted by molar-refractivity contribution is -0.211. The quantitative estimate of drug-likeness (QED) is 0.370. The Bertz CT molecular complexity index is 494. The predicted octanol–water partition coefficient (Wildman–Crippen LogP) is -0.857. The number of rotatable bonds is 7. The van der Waals surface area contributed by atoms with E-state index in [1.807, 2.05) is 11.9 Å². The summed E-state index contributed by atoms with van der Waals surface area (Å²) in [6.45, 7) is 4.48. The maximum atomic E-state index is 12.8. The fourth-order valence-electron chi connectivity index (χ4n) is 4.13. The first-order chi connectivity index (χ1) is 12.7. The highest BCUT2D eigenvalue weighted by Gasteiger charge is 2.48. The smallest absolute Gasteiger partial charge is 0.237 e. The lowest BCUT2D eigenvalue weighted by Gasteiger charge is -2.44. The number of aliphatic hydroxyl groups excluding tert-OH is 4. The second-order valence-electron chi connectivity index (χ2n) is 7.80. The van der Waals surface area contributed by atoms with Crippen LogP contribution in [-0.4, -0.2) is 99.1 Å². The monoisotopic (exact) mass is 406 g/mol. The van der Waals surface area contributed by atoms with Gasteiger partial charge in [-0.2, -0.15) is 0 Å².